The van der Waals surface area contributed by atoms with Crippen LogP contribution in [0.3, 0.4) is 0 Å². The number of aromatic nitrogens is 3. The molecule has 2 rings (SSSR count). The molecular weight excluding hydrogens is 258 g/mol. The summed E-state index contributed by atoms with van der Waals surface area (Å²) in [6.45, 7) is 0.342. The standard InChI is InChI=1S/C10H10ClN5O2/c1-15-6-8(13-14-15)5-12-9-4-7(11)2-3-10(9)16(17)18/h2-4,6,12H,5H2,1H3. The third-order valence-electron chi connectivity index (χ3n) is 2.27. The van der Waals surface area contributed by atoms with Crippen LogP contribution in [-0.4, -0.2) is 19.9 Å². The predicted molar refractivity (Wildman–Crippen MR) is 66.4 cm³/mol. The van der Waals surface area contributed by atoms with Crippen LogP contribution >= 0.6 is 11.6 Å². The molecule has 0 amide bonds. The Balaban J connectivity index is 2.17. The zero-order valence-corrected chi connectivity index (χ0v) is 10.3. The van der Waals surface area contributed by atoms with Gasteiger partial charge >= 0.3 is 0 Å². The molecule has 1 aromatic carbocycles. The molecule has 0 aliphatic heterocycles. The van der Waals surface area contributed by atoms with Gasteiger partial charge in [-0.25, -0.2) is 0 Å². The summed E-state index contributed by atoms with van der Waals surface area (Å²) in [5.41, 5.74) is 1.02. The first-order chi connectivity index (χ1) is 8.56. The lowest BCUT2D eigenvalue weighted by molar-refractivity contribution is -0.384. The largest absolute Gasteiger partial charge is 0.374 e. The fraction of sp³-hybridized carbons (Fsp3) is 0.200. The first-order valence-electron chi connectivity index (χ1n) is 5.09. The molecule has 0 radical (unpaired) electrons. The average molecular weight is 268 g/mol. The van der Waals surface area contributed by atoms with E-state index >= 15 is 0 Å². The minimum atomic E-state index is -0.463. The van der Waals surface area contributed by atoms with Crippen molar-refractivity contribution < 1.29 is 4.92 Å². The van der Waals surface area contributed by atoms with Crippen LogP contribution in [0.4, 0.5) is 11.4 Å². The molecule has 0 aliphatic carbocycles. The van der Waals surface area contributed by atoms with E-state index in [1.165, 1.54) is 18.2 Å². The summed E-state index contributed by atoms with van der Waals surface area (Å²) in [6.07, 6.45) is 1.73. The van der Waals surface area contributed by atoms with Gasteiger partial charge in [0.15, 0.2) is 0 Å². The Labute approximate surface area is 108 Å². The molecule has 0 unspecified atom stereocenters. The highest BCUT2D eigenvalue weighted by atomic mass is 35.5. The van der Waals surface area contributed by atoms with Gasteiger partial charge in [0.2, 0.25) is 0 Å². The van der Waals surface area contributed by atoms with E-state index in [9.17, 15) is 10.1 Å². The maximum absolute atomic E-state index is 10.8. The first kappa shape index (κ1) is 12.3. The third kappa shape index (κ3) is 2.75. The number of hydrogen-bond donors (Lipinski definition) is 1. The summed E-state index contributed by atoms with van der Waals surface area (Å²) >= 11 is 5.81. The van der Waals surface area contributed by atoms with E-state index in [2.05, 4.69) is 15.6 Å². The Kier molecular flexibility index (Phi) is 3.42. The summed E-state index contributed by atoms with van der Waals surface area (Å²) in [5, 5.41) is 21.8. The van der Waals surface area contributed by atoms with Gasteiger partial charge < -0.3 is 5.32 Å². The predicted octanol–water partition coefficient (Wildman–Crippen LogP) is 1.99. The Morgan fingerprint density at radius 2 is 2.33 bits per heavy atom. The van der Waals surface area contributed by atoms with E-state index in [1.807, 2.05) is 0 Å². The molecule has 18 heavy (non-hydrogen) atoms. The average Bonchev–Trinajstić information content (AvgIpc) is 2.72. The van der Waals surface area contributed by atoms with Gasteiger partial charge in [0, 0.05) is 24.3 Å². The molecule has 1 heterocycles. The molecule has 0 atom stereocenters. The lowest BCUT2D eigenvalue weighted by atomic mass is 10.2. The van der Waals surface area contributed by atoms with Crippen molar-refractivity contribution in [1.82, 2.24) is 15.0 Å². The number of hydrogen-bond acceptors (Lipinski definition) is 5. The molecule has 0 saturated carbocycles. The van der Waals surface area contributed by atoms with E-state index in [1.54, 1.807) is 17.9 Å². The number of anilines is 1. The fourth-order valence-electron chi connectivity index (χ4n) is 1.47. The van der Waals surface area contributed by atoms with Crippen molar-refractivity contribution in [3.05, 3.63) is 45.2 Å². The SMILES string of the molecule is Cn1cc(CNc2cc(Cl)ccc2[N+](=O)[O-])nn1. The minimum Gasteiger partial charge on any atom is -0.374 e. The molecule has 7 nitrogen and oxygen atoms in total. The van der Waals surface area contributed by atoms with Gasteiger partial charge in [0.25, 0.3) is 5.69 Å². The summed E-state index contributed by atoms with van der Waals surface area (Å²) < 4.78 is 1.56. The molecule has 0 spiro atoms. The second-order valence-electron chi connectivity index (χ2n) is 3.66. The van der Waals surface area contributed by atoms with Crippen LogP contribution in [0.5, 0.6) is 0 Å². The van der Waals surface area contributed by atoms with Gasteiger partial charge in [-0.2, -0.15) is 0 Å². The highest BCUT2D eigenvalue weighted by Crippen LogP contribution is 2.27. The van der Waals surface area contributed by atoms with Crippen molar-refractivity contribution in [2.75, 3.05) is 5.32 Å². The molecule has 94 valence electrons. The van der Waals surface area contributed by atoms with Gasteiger partial charge in [-0.15, -0.1) is 5.10 Å². The second kappa shape index (κ2) is 5.01. The molecule has 0 fully saturated rings. The molecule has 0 saturated heterocycles. The zero-order valence-electron chi connectivity index (χ0n) is 9.50. The Morgan fingerprint density at radius 3 is 2.94 bits per heavy atom. The highest BCUT2D eigenvalue weighted by molar-refractivity contribution is 6.31. The van der Waals surface area contributed by atoms with Gasteiger partial charge in [0.1, 0.15) is 11.4 Å². The maximum atomic E-state index is 10.8. The van der Waals surface area contributed by atoms with Crippen LogP contribution in [0.1, 0.15) is 5.69 Å². The monoisotopic (exact) mass is 267 g/mol. The summed E-state index contributed by atoms with van der Waals surface area (Å²) in [5.74, 6) is 0. The Morgan fingerprint density at radius 1 is 1.56 bits per heavy atom. The number of benzene rings is 1. The first-order valence-corrected chi connectivity index (χ1v) is 5.47. The van der Waals surface area contributed by atoms with E-state index < -0.39 is 4.92 Å². The van der Waals surface area contributed by atoms with Crippen molar-refractivity contribution in [3.63, 3.8) is 0 Å². The molecular formula is C10H10ClN5O2. The van der Waals surface area contributed by atoms with Crippen LogP contribution in [0.25, 0.3) is 0 Å². The van der Waals surface area contributed by atoms with E-state index in [0.717, 1.165) is 0 Å². The number of nitro groups is 1. The van der Waals surface area contributed by atoms with E-state index in [4.69, 9.17) is 11.6 Å². The normalized spacial score (nSPS) is 10.3. The van der Waals surface area contributed by atoms with Crippen molar-refractivity contribution in [2.45, 2.75) is 6.54 Å². The number of aryl methyl sites for hydroxylation is 1. The summed E-state index contributed by atoms with van der Waals surface area (Å²) in [7, 11) is 1.75. The molecule has 2 aromatic rings. The summed E-state index contributed by atoms with van der Waals surface area (Å²) in [4.78, 5) is 10.4. The second-order valence-corrected chi connectivity index (χ2v) is 4.09. The minimum absolute atomic E-state index is 0.0247. The molecule has 1 N–H and O–H groups in total. The molecule has 1 aromatic heterocycles. The number of nitrogens with zero attached hydrogens (tertiary/aromatic N) is 4. The topological polar surface area (TPSA) is 85.9 Å². The van der Waals surface area contributed by atoms with Crippen LogP contribution in [0.2, 0.25) is 5.02 Å². The zero-order chi connectivity index (χ0) is 13.1. The van der Waals surface area contributed by atoms with Gasteiger partial charge in [-0.1, -0.05) is 16.8 Å². The van der Waals surface area contributed by atoms with Crippen molar-refractivity contribution in [3.8, 4) is 0 Å². The van der Waals surface area contributed by atoms with Crippen LogP contribution in [-0.2, 0) is 13.6 Å². The third-order valence-corrected chi connectivity index (χ3v) is 2.50. The summed E-state index contributed by atoms with van der Waals surface area (Å²) in [6, 6.07) is 4.35. The lowest BCUT2D eigenvalue weighted by Crippen LogP contribution is -2.03. The highest BCUT2D eigenvalue weighted by Gasteiger charge is 2.13. The van der Waals surface area contributed by atoms with Gasteiger partial charge in [0.05, 0.1) is 11.5 Å². The Bertz CT molecular complexity index is 583. The van der Waals surface area contributed by atoms with Crippen molar-refractivity contribution >= 4 is 23.0 Å². The van der Waals surface area contributed by atoms with Crippen molar-refractivity contribution in [2.24, 2.45) is 7.05 Å². The Hall–Kier alpha value is -2.15. The number of halogens is 1. The van der Waals surface area contributed by atoms with Crippen molar-refractivity contribution in [1.29, 1.82) is 0 Å². The number of rotatable bonds is 4. The quantitative estimate of drug-likeness (QED) is 0.676. The molecule has 0 aliphatic rings. The van der Waals surface area contributed by atoms with Gasteiger partial charge in [-0.3, -0.25) is 14.8 Å². The molecule has 0 bridgehead atoms. The number of nitrogens with one attached hydrogen (secondary N) is 1. The smallest absolute Gasteiger partial charge is 0.292 e. The maximum Gasteiger partial charge on any atom is 0.292 e. The van der Waals surface area contributed by atoms with Crippen LogP contribution in [0, 0.1) is 10.1 Å². The lowest BCUT2D eigenvalue weighted by Gasteiger charge is -2.05. The van der Waals surface area contributed by atoms with Crippen LogP contribution < -0.4 is 5.32 Å². The van der Waals surface area contributed by atoms with Gasteiger partial charge in [-0.05, 0) is 12.1 Å². The van der Waals surface area contributed by atoms with Crippen LogP contribution in [0.15, 0.2) is 24.4 Å². The van der Waals surface area contributed by atoms with E-state index in [0.29, 0.717) is 22.9 Å². The fourth-order valence-corrected chi connectivity index (χ4v) is 1.64. The molecule has 8 heteroatoms. The number of nitro benzene ring substituents is 1. The van der Waals surface area contributed by atoms with E-state index in [-0.39, 0.29) is 5.69 Å².